The monoisotopic (exact) mass is 253 g/mol. The fourth-order valence-corrected chi connectivity index (χ4v) is 2.42. The summed E-state index contributed by atoms with van der Waals surface area (Å²) in [5.41, 5.74) is 1.18. The molecule has 1 aromatic carbocycles. The van der Waals surface area contributed by atoms with E-state index in [1.807, 2.05) is 24.3 Å². The van der Waals surface area contributed by atoms with Crippen molar-refractivity contribution < 1.29 is 9.90 Å². The Bertz CT molecular complexity index is 404. The summed E-state index contributed by atoms with van der Waals surface area (Å²) in [5.74, 6) is -0.902. The molecule has 1 fully saturated rings. The molecule has 1 aromatic rings. The lowest BCUT2D eigenvalue weighted by Gasteiger charge is -2.24. The van der Waals surface area contributed by atoms with Crippen LogP contribution in [0.3, 0.4) is 0 Å². The van der Waals surface area contributed by atoms with Crippen molar-refractivity contribution in [1.29, 1.82) is 0 Å². The summed E-state index contributed by atoms with van der Waals surface area (Å²) >= 11 is 5.85. The van der Waals surface area contributed by atoms with Gasteiger partial charge in [-0.05, 0) is 37.6 Å². The van der Waals surface area contributed by atoms with E-state index in [0.717, 1.165) is 18.0 Å². The number of nitrogens with zero attached hydrogens (tertiary/aromatic N) is 1. The molecule has 0 bridgehead atoms. The van der Waals surface area contributed by atoms with Crippen LogP contribution in [0.2, 0.25) is 5.02 Å². The zero-order valence-electron chi connectivity index (χ0n) is 9.77. The van der Waals surface area contributed by atoms with Crippen LogP contribution in [0.15, 0.2) is 24.3 Å². The minimum Gasteiger partial charge on any atom is -0.481 e. The Kier molecular flexibility index (Phi) is 3.69. The second-order valence-electron chi connectivity index (χ2n) is 4.55. The Morgan fingerprint density at radius 2 is 2.12 bits per heavy atom. The van der Waals surface area contributed by atoms with Gasteiger partial charge in [0.2, 0.25) is 0 Å². The van der Waals surface area contributed by atoms with Crippen LogP contribution in [0.5, 0.6) is 0 Å². The van der Waals surface area contributed by atoms with E-state index in [0.29, 0.717) is 6.54 Å². The molecule has 1 heterocycles. The van der Waals surface area contributed by atoms with Gasteiger partial charge in [0.1, 0.15) is 0 Å². The number of halogens is 1. The lowest BCUT2D eigenvalue weighted by molar-refractivity contribution is -0.141. The minimum atomic E-state index is -0.684. The van der Waals surface area contributed by atoms with Gasteiger partial charge in [0, 0.05) is 17.6 Å². The molecule has 0 unspecified atom stereocenters. The van der Waals surface area contributed by atoms with Crippen LogP contribution in [-0.2, 0) is 4.79 Å². The number of hydrogen-bond acceptors (Lipinski definition) is 2. The van der Waals surface area contributed by atoms with Gasteiger partial charge in [0.05, 0.1) is 5.92 Å². The van der Waals surface area contributed by atoms with Crippen LogP contribution in [0.25, 0.3) is 0 Å². The highest BCUT2D eigenvalue weighted by Gasteiger charge is 2.30. The van der Waals surface area contributed by atoms with E-state index in [2.05, 4.69) is 11.8 Å². The lowest BCUT2D eigenvalue weighted by Crippen LogP contribution is -2.26. The summed E-state index contributed by atoms with van der Waals surface area (Å²) in [4.78, 5) is 13.1. The standard InChI is InChI=1S/C13H16ClNO2/c1-9(10-2-4-12(14)5-3-10)15-7-6-11(8-15)13(16)17/h2-5,9,11H,6-8H2,1H3,(H,16,17)/t9-,11-/m0/s1. The average Bonchev–Trinajstić information content (AvgIpc) is 2.78. The first-order valence-corrected chi connectivity index (χ1v) is 6.18. The Morgan fingerprint density at radius 1 is 1.47 bits per heavy atom. The molecule has 0 amide bonds. The van der Waals surface area contributed by atoms with E-state index in [9.17, 15) is 4.79 Å². The molecular formula is C13H16ClNO2. The normalized spacial score (nSPS) is 22.6. The molecule has 2 rings (SSSR count). The van der Waals surface area contributed by atoms with Gasteiger partial charge in [-0.2, -0.15) is 0 Å². The summed E-state index contributed by atoms with van der Waals surface area (Å²) in [5, 5.41) is 9.70. The topological polar surface area (TPSA) is 40.5 Å². The van der Waals surface area contributed by atoms with Gasteiger partial charge >= 0.3 is 5.97 Å². The summed E-state index contributed by atoms with van der Waals surface area (Å²) < 4.78 is 0. The number of likely N-dealkylation sites (tertiary alicyclic amines) is 1. The maximum atomic E-state index is 10.9. The highest BCUT2D eigenvalue weighted by Crippen LogP contribution is 2.28. The zero-order chi connectivity index (χ0) is 12.4. The van der Waals surface area contributed by atoms with Crippen LogP contribution in [0.1, 0.15) is 24.9 Å². The summed E-state index contributed by atoms with van der Waals surface area (Å²) in [6.45, 7) is 3.59. The third-order valence-corrected chi connectivity index (χ3v) is 3.72. The highest BCUT2D eigenvalue weighted by molar-refractivity contribution is 6.30. The van der Waals surface area contributed by atoms with Crippen molar-refractivity contribution in [3.05, 3.63) is 34.9 Å². The van der Waals surface area contributed by atoms with E-state index in [1.165, 1.54) is 5.56 Å². The molecule has 0 saturated carbocycles. The number of carbonyl (C=O) groups is 1. The smallest absolute Gasteiger partial charge is 0.307 e. The molecule has 0 spiro atoms. The molecular weight excluding hydrogens is 238 g/mol. The largest absolute Gasteiger partial charge is 0.481 e. The molecule has 0 aliphatic carbocycles. The Balaban J connectivity index is 2.04. The van der Waals surface area contributed by atoms with Gasteiger partial charge in [-0.15, -0.1) is 0 Å². The molecule has 3 nitrogen and oxygen atoms in total. The van der Waals surface area contributed by atoms with Crippen molar-refractivity contribution in [2.24, 2.45) is 5.92 Å². The van der Waals surface area contributed by atoms with E-state index < -0.39 is 5.97 Å². The number of rotatable bonds is 3. The molecule has 1 N–H and O–H groups in total. The van der Waals surface area contributed by atoms with Gasteiger partial charge in [0.15, 0.2) is 0 Å². The van der Waals surface area contributed by atoms with Crippen molar-refractivity contribution in [3.8, 4) is 0 Å². The number of hydrogen-bond donors (Lipinski definition) is 1. The van der Waals surface area contributed by atoms with Crippen LogP contribution < -0.4 is 0 Å². The van der Waals surface area contributed by atoms with Crippen molar-refractivity contribution >= 4 is 17.6 Å². The Hall–Kier alpha value is -1.06. The number of benzene rings is 1. The van der Waals surface area contributed by atoms with E-state index >= 15 is 0 Å². The summed E-state index contributed by atoms with van der Waals surface area (Å²) in [6, 6.07) is 8.00. The number of carboxylic acid groups (broad SMARTS) is 1. The fourth-order valence-electron chi connectivity index (χ4n) is 2.29. The van der Waals surface area contributed by atoms with Gasteiger partial charge in [-0.1, -0.05) is 23.7 Å². The predicted molar refractivity (Wildman–Crippen MR) is 67.2 cm³/mol. The average molecular weight is 254 g/mol. The third-order valence-electron chi connectivity index (χ3n) is 3.47. The van der Waals surface area contributed by atoms with Crippen LogP contribution in [-0.4, -0.2) is 29.1 Å². The molecule has 0 radical (unpaired) electrons. The molecule has 17 heavy (non-hydrogen) atoms. The van der Waals surface area contributed by atoms with Crippen LogP contribution >= 0.6 is 11.6 Å². The first-order chi connectivity index (χ1) is 8.08. The highest BCUT2D eigenvalue weighted by atomic mass is 35.5. The zero-order valence-corrected chi connectivity index (χ0v) is 10.5. The molecule has 1 aliphatic rings. The predicted octanol–water partition coefficient (Wildman–Crippen LogP) is 2.81. The molecule has 92 valence electrons. The molecule has 0 aromatic heterocycles. The summed E-state index contributed by atoms with van der Waals surface area (Å²) in [6.07, 6.45) is 0.743. The first kappa shape index (κ1) is 12.4. The van der Waals surface area contributed by atoms with Gasteiger partial charge in [-0.3, -0.25) is 9.69 Å². The van der Waals surface area contributed by atoms with E-state index in [1.54, 1.807) is 0 Å². The molecule has 1 aliphatic heterocycles. The number of carboxylic acids is 1. The quantitative estimate of drug-likeness (QED) is 0.901. The first-order valence-electron chi connectivity index (χ1n) is 5.80. The van der Waals surface area contributed by atoms with Crippen molar-refractivity contribution in [2.75, 3.05) is 13.1 Å². The Labute approximate surface area is 106 Å². The number of aliphatic carboxylic acids is 1. The van der Waals surface area contributed by atoms with Gasteiger partial charge in [0.25, 0.3) is 0 Å². The fraction of sp³-hybridized carbons (Fsp3) is 0.462. The summed E-state index contributed by atoms with van der Waals surface area (Å²) in [7, 11) is 0. The third kappa shape index (κ3) is 2.79. The van der Waals surface area contributed by atoms with E-state index in [4.69, 9.17) is 16.7 Å². The van der Waals surface area contributed by atoms with Crippen molar-refractivity contribution in [1.82, 2.24) is 4.90 Å². The van der Waals surface area contributed by atoms with Gasteiger partial charge < -0.3 is 5.11 Å². The van der Waals surface area contributed by atoms with Crippen molar-refractivity contribution in [3.63, 3.8) is 0 Å². The minimum absolute atomic E-state index is 0.218. The lowest BCUT2D eigenvalue weighted by atomic mass is 10.1. The van der Waals surface area contributed by atoms with Crippen LogP contribution in [0, 0.1) is 5.92 Å². The van der Waals surface area contributed by atoms with Gasteiger partial charge in [-0.25, -0.2) is 0 Å². The van der Waals surface area contributed by atoms with Crippen LogP contribution in [0.4, 0.5) is 0 Å². The maximum absolute atomic E-state index is 10.9. The Morgan fingerprint density at radius 3 is 2.65 bits per heavy atom. The SMILES string of the molecule is C[C@@H](c1ccc(Cl)cc1)N1CC[C@H](C(=O)O)C1. The second-order valence-corrected chi connectivity index (χ2v) is 4.98. The van der Waals surface area contributed by atoms with Crippen molar-refractivity contribution in [2.45, 2.75) is 19.4 Å². The molecule has 2 atom stereocenters. The molecule has 1 saturated heterocycles. The van der Waals surface area contributed by atoms with E-state index in [-0.39, 0.29) is 12.0 Å². The molecule has 4 heteroatoms. The maximum Gasteiger partial charge on any atom is 0.307 e. The second kappa shape index (κ2) is 5.07.